The van der Waals surface area contributed by atoms with Crippen molar-refractivity contribution in [3.8, 4) is 11.5 Å². The number of ether oxygens (including phenoxy) is 5. The number of hydrogen-bond donors (Lipinski definition) is 3. The number of amides is 1. The second-order valence-corrected chi connectivity index (χ2v) is 12.2. The maximum atomic E-state index is 13.1. The van der Waals surface area contributed by atoms with Crippen LogP contribution in [0.4, 0.5) is 0 Å². The van der Waals surface area contributed by atoms with E-state index in [0.29, 0.717) is 57.5 Å². The van der Waals surface area contributed by atoms with E-state index in [9.17, 15) is 9.90 Å². The number of nitrogens with two attached hydrogens (primary N) is 1. The van der Waals surface area contributed by atoms with Gasteiger partial charge in [-0.15, -0.1) is 0 Å². The second-order valence-electron chi connectivity index (χ2n) is 12.2. The molecular formula is C32H56N2O7. The van der Waals surface area contributed by atoms with E-state index in [1.165, 1.54) is 0 Å². The van der Waals surface area contributed by atoms with Gasteiger partial charge >= 0.3 is 0 Å². The molecule has 1 aromatic rings. The van der Waals surface area contributed by atoms with Crippen molar-refractivity contribution in [1.29, 1.82) is 0 Å². The molecule has 1 fully saturated rings. The summed E-state index contributed by atoms with van der Waals surface area (Å²) in [5.74, 6) is 1.97. The molecule has 1 amide bonds. The van der Waals surface area contributed by atoms with E-state index in [2.05, 4.69) is 25.2 Å². The number of methoxy groups -OCH3 is 3. The average Bonchev–Trinajstić information content (AvgIpc) is 2.96. The molecule has 0 bridgehead atoms. The molecule has 4 N–H and O–H groups in total. The van der Waals surface area contributed by atoms with Gasteiger partial charge in [0.25, 0.3) is 0 Å². The van der Waals surface area contributed by atoms with Gasteiger partial charge in [0.05, 0.1) is 39.1 Å². The smallest absolute Gasteiger partial charge is 0.223 e. The molecule has 236 valence electrons. The number of carbonyl (C=O) groups is 1. The Hall–Kier alpha value is -1.91. The Morgan fingerprint density at radius 1 is 1.07 bits per heavy atom. The minimum Gasteiger partial charge on any atom is -0.493 e. The lowest BCUT2D eigenvalue weighted by Crippen LogP contribution is -2.44. The third-order valence-corrected chi connectivity index (χ3v) is 8.28. The molecule has 1 saturated heterocycles. The topological polar surface area (TPSA) is 122 Å². The molecule has 1 aromatic carbocycles. The highest BCUT2D eigenvalue weighted by molar-refractivity contribution is 5.78. The van der Waals surface area contributed by atoms with Crippen molar-refractivity contribution in [2.75, 3.05) is 54.3 Å². The monoisotopic (exact) mass is 580 g/mol. The fourth-order valence-corrected chi connectivity index (χ4v) is 5.42. The van der Waals surface area contributed by atoms with Gasteiger partial charge in [-0.1, -0.05) is 33.8 Å². The molecule has 6 atom stereocenters. The van der Waals surface area contributed by atoms with Crippen LogP contribution < -0.4 is 20.5 Å². The van der Waals surface area contributed by atoms with Crippen molar-refractivity contribution >= 4 is 5.91 Å². The van der Waals surface area contributed by atoms with Crippen LogP contribution >= 0.6 is 0 Å². The first-order chi connectivity index (χ1) is 19.6. The molecule has 9 nitrogen and oxygen atoms in total. The Balaban J connectivity index is 1.97. The molecule has 1 aliphatic heterocycles. The van der Waals surface area contributed by atoms with Gasteiger partial charge in [-0.3, -0.25) is 4.79 Å². The molecule has 1 aliphatic rings. The lowest BCUT2D eigenvalue weighted by molar-refractivity contribution is -0.128. The fraction of sp³-hybridized carbons (Fsp3) is 0.781. The summed E-state index contributed by atoms with van der Waals surface area (Å²) >= 11 is 0. The van der Waals surface area contributed by atoms with Crippen LogP contribution in [0.3, 0.4) is 0 Å². The molecule has 0 saturated carbocycles. The molecule has 2 rings (SSSR count). The van der Waals surface area contributed by atoms with Crippen molar-refractivity contribution in [3.63, 3.8) is 0 Å². The Bertz CT molecular complexity index is 882. The van der Waals surface area contributed by atoms with Crippen molar-refractivity contribution in [2.45, 2.75) is 78.0 Å². The van der Waals surface area contributed by atoms with Crippen LogP contribution in [0.1, 0.15) is 58.9 Å². The first kappa shape index (κ1) is 35.3. The highest BCUT2D eigenvalue weighted by atomic mass is 16.5. The van der Waals surface area contributed by atoms with E-state index in [-0.39, 0.29) is 35.7 Å². The number of hydrogen-bond acceptors (Lipinski definition) is 8. The van der Waals surface area contributed by atoms with Gasteiger partial charge < -0.3 is 39.8 Å². The molecule has 0 radical (unpaired) electrons. The predicted octanol–water partition coefficient (Wildman–Crippen LogP) is 3.83. The summed E-state index contributed by atoms with van der Waals surface area (Å²) in [4.78, 5) is 13.1. The molecule has 0 spiro atoms. The molecule has 0 aliphatic carbocycles. The molecular weight excluding hydrogens is 524 g/mol. The van der Waals surface area contributed by atoms with Crippen LogP contribution in [0.25, 0.3) is 0 Å². The fourth-order valence-electron chi connectivity index (χ4n) is 5.42. The van der Waals surface area contributed by atoms with E-state index in [4.69, 9.17) is 29.4 Å². The number of nitrogens with one attached hydrogen (secondary N) is 1. The van der Waals surface area contributed by atoms with Crippen molar-refractivity contribution in [2.24, 2.45) is 35.3 Å². The molecule has 41 heavy (non-hydrogen) atoms. The van der Waals surface area contributed by atoms with Gasteiger partial charge in [-0.2, -0.15) is 0 Å². The maximum absolute atomic E-state index is 13.1. The molecule has 4 unspecified atom stereocenters. The molecule has 9 heteroatoms. The number of rotatable bonds is 19. The number of benzene rings is 1. The van der Waals surface area contributed by atoms with Crippen LogP contribution in [0.5, 0.6) is 11.5 Å². The van der Waals surface area contributed by atoms with Crippen LogP contribution in [-0.2, 0) is 25.4 Å². The van der Waals surface area contributed by atoms with Crippen LogP contribution in [0, 0.1) is 29.6 Å². The summed E-state index contributed by atoms with van der Waals surface area (Å²) in [7, 11) is 5.00. The number of carbonyl (C=O) groups excluding carboxylic acids is 1. The standard InChI is InChI=1S/C32H56N2O7/c1-21(2)25(13-23-9-10-30(39-7)31(15-23)41-12-8-11-37-5)16-28(33)29(35)17-27(22(3)4)32(36)34-18-24-14-26(38-6)20-40-19-24/h9-10,15,21-22,24-29,35H,8,11-14,16-20,33H2,1-7H3,(H,34,36)/t24-,25?,26+,27?,28?,29?/m1/s1. The first-order valence-corrected chi connectivity index (χ1v) is 15.2. The van der Waals surface area contributed by atoms with Crippen LogP contribution in [0.2, 0.25) is 0 Å². The maximum Gasteiger partial charge on any atom is 0.223 e. The summed E-state index contributed by atoms with van der Waals surface area (Å²) in [6.07, 6.45) is 2.74. The third kappa shape index (κ3) is 12.1. The third-order valence-electron chi connectivity index (χ3n) is 8.28. The van der Waals surface area contributed by atoms with Gasteiger partial charge in [0.15, 0.2) is 11.5 Å². The van der Waals surface area contributed by atoms with Crippen molar-refractivity contribution in [3.05, 3.63) is 23.8 Å². The minimum atomic E-state index is -0.777. The van der Waals surface area contributed by atoms with Gasteiger partial charge in [0.2, 0.25) is 5.91 Å². The quantitative estimate of drug-likeness (QED) is 0.211. The predicted molar refractivity (Wildman–Crippen MR) is 161 cm³/mol. The number of aliphatic hydroxyl groups is 1. The normalized spacial score (nSPS) is 20.5. The average molecular weight is 581 g/mol. The van der Waals surface area contributed by atoms with E-state index < -0.39 is 12.1 Å². The Morgan fingerprint density at radius 2 is 1.83 bits per heavy atom. The number of aliphatic hydroxyl groups excluding tert-OH is 1. The van der Waals surface area contributed by atoms with Crippen LogP contribution in [-0.4, -0.2) is 83.6 Å². The Morgan fingerprint density at radius 3 is 2.46 bits per heavy atom. The lowest BCUT2D eigenvalue weighted by Gasteiger charge is -2.31. The van der Waals surface area contributed by atoms with Gasteiger partial charge in [-0.05, 0) is 61.1 Å². The van der Waals surface area contributed by atoms with Crippen molar-refractivity contribution in [1.82, 2.24) is 5.32 Å². The first-order valence-electron chi connectivity index (χ1n) is 15.2. The Labute approximate surface area is 247 Å². The van der Waals surface area contributed by atoms with Gasteiger partial charge in [0, 0.05) is 51.7 Å². The summed E-state index contributed by atoms with van der Waals surface area (Å²) in [6.45, 7) is 11.3. The largest absolute Gasteiger partial charge is 0.493 e. The zero-order chi connectivity index (χ0) is 30.4. The van der Waals surface area contributed by atoms with Gasteiger partial charge in [-0.25, -0.2) is 0 Å². The van der Waals surface area contributed by atoms with E-state index in [1.807, 2.05) is 26.0 Å². The van der Waals surface area contributed by atoms with E-state index in [0.717, 1.165) is 30.6 Å². The van der Waals surface area contributed by atoms with Gasteiger partial charge in [0.1, 0.15) is 0 Å². The lowest BCUT2D eigenvalue weighted by atomic mass is 9.80. The highest BCUT2D eigenvalue weighted by Gasteiger charge is 2.31. The summed E-state index contributed by atoms with van der Waals surface area (Å²) in [6, 6.07) is 5.60. The highest BCUT2D eigenvalue weighted by Crippen LogP contribution is 2.32. The molecule has 1 heterocycles. The Kier molecular flexibility index (Phi) is 16.0. The zero-order valence-corrected chi connectivity index (χ0v) is 26.4. The second kappa shape index (κ2) is 18.6. The summed E-state index contributed by atoms with van der Waals surface area (Å²) in [5, 5.41) is 14.2. The van der Waals surface area contributed by atoms with Crippen LogP contribution in [0.15, 0.2) is 18.2 Å². The SMILES string of the molecule is COCCCOc1cc(CC(CC(N)C(O)CC(C(=O)NC[C@@H]2COC[C@@H](OC)C2)C(C)C)C(C)C)ccc1OC. The molecule has 0 aromatic heterocycles. The van der Waals surface area contributed by atoms with E-state index >= 15 is 0 Å². The van der Waals surface area contributed by atoms with E-state index in [1.54, 1.807) is 21.3 Å². The van der Waals surface area contributed by atoms with Crippen molar-refractivity contribution < 1.29 is 33.6 Å². The zero-order valence-electron chi connectivity index (χ0n) is 26.4. The minimum absolute atomic E-state index is 0.0394. The summed E-state index contributed by atoms with van der Waals surface area (Å²) in [5.41, 5.74) is 7.71. The summed E-state index contributed by atoms with van der Waals surface area (Å²) < 4.78 is 27.6.